The number of alkyl halides is 3. The number of piperazine rings is 1. The number of thiocarbonyl (C=S) groups is 1. The highest BCUT2D eigenvalue weighted by Gasteiger charge is 2.39. The molecular formula is C43H55F3N8O5S. The van der Waals surface area contributed by atoms with Crippen LogP contribution in [0.3, 0.4) is 0 Å². The number of nitrogens with one attached hydrogen (secondary N) is 3. The van der Waals surface area contributed by atoms with E-state index >= 15 is 0 Å². The summed E-state index contributed by atoms with van der Waals surface area (Å²) in [6, 6.07) is 19.4. The number of likely N-dealkylation sites (N-methyl/N-ethyl adjacent to an activating group) is 2. The van der Waals surface area contributed by atoms with Gasteiger partial charge in [0.15, 0.2) is 0 Å². The average Bonchev–Trinajstić information content (AvgIpc) is 3.25. The van der Waals surface area contributed by atoms with Gasteiger partial charge in [0, 0.05) is 77.3 Å². The van der Waals surface area contributed by atoms with Crippen molar-refractivity contribution in [3.05, 3.63) is 83.4 Å². The summed E-state index contributed by atoms with van der Waals surface area (Å²) in [4.78, 5) is 54.3. The molecular weight excluding hydrogens is 798 g/mol. The van der Waals surface area contributed by atoms with Crippen LogP contribution >= 0.6 is 12.2 Å². The zero-order valence-corrected chi connectivity index (χ0v) is 35.8. The Morgan fingerprint density at radius 1 is 0.950 bits per heavy atom. The van der Waals surface area contributed by atoms with E-state index < -0.39 is 28.7 Å². The van der Waals surface area contributed by atoms with Crippen LogP contribution in [0.5, 0.6) is 5.75 Å². The number of hydrogen-bond acceptors (Lipinski definition) is 10. The van der Waals surface area contributed by atoms with Gasteiger partial charge in [-0.1, -0.05) is 37.3 Å². The molecule has 0 saturated carbocycles. The molecule has 3 amide bonds. The number of nitrogens with zero attached hydrogens (tertiary/aromatic N) is 5. The highest BCUT2D eigenvalue weighted by Crippen LogP contribution is 2.36. The molecule has 0 aromatic heterocycles. The Balaban J connectivity index is 0.000000502. The van der Waals surface area contributed by atoms with Gasteiger partial charge >= 0.3 is 6.18 Å². The Morgan fingerprint density at radius 2 is 1.58 bits per heavy atom. The van der Waals surface area contributed by atoms with Gasteiger partial charge < -0.3 is 35.3 Å². The number of amides is 3. The maximum absolute atomic E-state index is 13.7. The smallest absolute Gasteiger partial charge is 0.417 e. The van der Waals surface area contributed by atoms with Gasteiger partial charge in [0.1, 0.15) is 24.2 Å². The second-order valence-electron chi connectivity index (χ2n) is 14.5. The molecule has 0 bridgehead atoms. The van der Waals surface area contributed by atoms with Gasteiger partial charge in [0.25, 0.3) is 5.91 Å². The molecule has 13 nitrogen and oxygen atoms in total. The van der Waals surface area contributed by atoms with Crippen LogP contribution in [0, 0.1) is 11.3 Å². The lowest BCUT2D eigenvalue weighted by Gasteiger charge is -2.38. The first-order valence-corrected chi connectivity index (χ1v) is 20.0. The number of hydrogen-bond donors (Lipinski definition) is 3. The van der Waals surface area contributed by atoms with Gasteiger partial charge in [0.05, 0.1) is 35.3 Å². The van der Waals surface area contributed by atoms with E-state index in [1.165, 1.54) is 18.6 Å². The highest BCUT2D eigenvalue weighted by molar-refractivity contribution is 7.79. The Morgan fingerprint density at radius 3 is 2.15 bits per heavy atom. The molecule has 60 heavy (non-hydrogen) atoms. The molecule has 0 radical (unpaired) electrons. The fourth-order valence-corrected chi connectivity index (χ4v) is 6.81. The summed E-state index contributed by atoms with van der Waals surface area (Å²) in [5.41, 5.74) is 0.907. The third-order valence-electron chi connectivity index (χ3n) is 10.1. The molecule has 0 spiro atoms. The van der Waals surface area contributed by atoms with E-state index in [4.69, 9.17) is 22.2 Å². The van der Waals surface area contributed by atoms with Crippen molar-refractivity contribution in [3.8, 4) is 11.8 Å². The number of aldehydes is 1. The van der Waals surface area contributed by atoms with E-state index in [-0.39, 0.29) is 23.5 Å². The number of halogens is 3. The van der Waals surface area contributed by atoms with E-state index in [1.54, 1.807) is 45.0 Å². The minimum Gasteiger partial charge on any atom is -0.492 e. The van der Waals surface area contributed by atoms with Crippen molar-refractivity contribution in [2.45, 2.75) is 57.8 Å². The molecule has 1 unspecified atom stereocenters. The number of aryl methyl sites for hydroxylation is 1. The lowest BCUT2D eigenvalue weighted by molar-refractivity contribution is -0.138. The third-order valence-corrected chi connectivity index (χ3v) is 10.3. The average molecular weight is 853 g/mol. The molecule has 1 saturated heterocycles. The molecule has 17 heteroatoms. The van der Waals surface area contributed by atoms with Crippen LogP contribution in [-0.2, 0) is 31.8 Å². The van der Waals surface area contributed by atoms with Crippen LogP contribution < -0.4 is 30.5 Å². The van der Waals surface area contributed by atoms with Crippen molar-refractivity contribution >= 4 is 58.8 Å². The molecule has 3 N–H and O–H groups in total. The first-order chi connectivity index (χ1) is 28.5. The number of para-hydroxylation sites is 1. The van der Waals surface area contributed by atoms with Gasteiger partial charge in [-0.25, -0.2) is 0 Å². The van der Waals surface area contributed by atoms with Crippen molar-refractivity contribution < 1.29 is 37.1 Å². The van der Waals surface area contributed by atoms with Crippen LogP contribution in [0.25, 0.3) is 0 Å². The minimum absolute atomic E-state index is 0.00424. The van der Waals surface area contributed by atoms with E-state index in [2.05, 4.69) is 25.8 Å². The highest BCUT2D eigenvalue weighted by atomic mass is 32.1. The monoisotopic (exact) mass is 852 g/mol. The summed E-state index contributed by atoms with van der Waals surface area (Å²) in [5.74, 6) is 0.180. The molecule has 1 atom stereocenters. The maximum Gasteiger partial charge on any atom is 0.417 e. The number of benzene rings is 3. The fourth-order valence-electron chi connectivity index (χ4n) is 6.42. The van der Waals surface area contributed by atoms with Crippen molar-refractivity contribution in [3.63, 3.8) is 0 Å². The van der Waals surface area contributed by atoms with Gasteiger partial charge in [0.2, 0.25) is 11.8 Å². The minimum atomic E-state index is -4.75. The number of carbonyl (C=O) groups excluding carboxylic acids is 4. The van der Waals surface area contributed by atoms with Gasteiger partial charge in [-0.05, 0) is 80.8 Å². The summed E-state index contributed by atoms with van der Waals surface area (Å²) < 4.78 is 46.8. The zero-order chi connectivity index (χ0) is 44.5. The lowest BCUT2D eigenvalue weighted by atomic mass is 9.98. The number of anilines is 3. The largest absolute Gasteiger partial charge is 0.492 e. The Kier molecular flexibility index (Phi) is 18.9. The Bertz CT molecular complexity index is 1950. The third kappa shape index (κ3) is 14.0. The van der Waals surface area contributed by atoms with Crippen LogP contribution in [0.2, 0.25) is 0 Å². The van der Waals surface area contributed by atoms with Crippen molar-refractivity contribution in [1.29, 1.82) is 5.26 Å². The number of rotatable bonds is 18. The van der Waals surface area contributed by atoms with Crippen molar-refractivity contribution in [2.75, 3.05) is 82.1 Å². The first kappa shape index (κ1) is 48.8. The second kappa shape index (κ2) is 23.3. The molecule has 4 rings (SSSR count). The Hall–Kier alpha value is -5.57. The Labute approximate surface area is 355 Å². The molecule has 3 aromatic rings. The number of carbonyl (C=O) groups is 4. The molecule has 1 aliphatic rings. The molecule has 1 heterocycles. The summed E-state index contributed by atoms with van der Waals surface area (Å²) >= 11 is 5.30. The molecule has 1 fully saturated rings. The topological polar surface area (TPSA) is 150 Å². The summed E-state index contributed by atoms with van der Waals surface area (Å²) in [5, 5.41) is 17.3. The normalized spacial score (nSPS) is 13.7. The lowest BCUT2D eigenvalue weighted by Crippen LogP contribution is -2.55. The summed E-state index contributed by atoms with van der Waals surface area (Å²) in [6.45, 7) is 10.2. The summed E-state index contributed by atoms with van der Waals surface area (Å²) in [7, 11) is 4.61. The molecule has 3 aromatic carbocycles. The number of ether oxygens (including phenoxy) is 1. The zero-order valence-electron chi connectivity index (χ0n) is 35.0. The van der Waals surface area contributed by atoms with Crippen molar-refractivity contribution in [2.24, 2.45) is 0 Å². The van der Waals surface area contributed by atoms with Gasteiger partial charge in [-0.2, -0.15) is 18.4 Å². The van der Waals surface area contributed by atoms with Crippen LogP contribution in [-0.4, -0.2) is 118 Å². The predicted octanol–water partition coefficient (Wildman–Crippen LogP) is 5.28. The number of nitriles is 1. The van der Waals surface area contributed by atoms with Gasteiger partial charge in [-0.3, -0.25) is 24.2 Å². The van der Waals surface area contributed by atoms with E-state index in [9.17, 15) is 32.3 Å². The van der Waals surface area contributed by atoms with E-state index in [0.717, 1.165) is 73.0 Å². The molecule has 0 aliphatic carbocycles. The van der Waals surface area contributed by atoms with E-state index in [0.29, 0.717) is 38.1 Å². The standard InChI is InChI=1S/C31H39F3N6O3S.C12H16N2O2/c1-6-22-17-25(9-10-27(22)43-16-15-38-11-13-39(14-12-38)20-28(41)36-4)40(21-44)30(2,3)29(42)37(5)24-8-7-23(19-35)26(18-24)31(32,33)34;1-13-12(16)8-7-11(9-15)14-10-5-3-2-4-6-10/h7-10,17-18,21H,6,11-16,20H2,1-5H3,(H,36,41);2-6,9,11,14H,7-8H2,1H3,(H,13,16). The van der Waals surface area contributed by atoms with E-state index in [1.807, 2.05) is 49.4 Å². The fraction of sp³-hybridized carbons (Fsp3) is 0.442. The SMILES string of the molecule is CCc1cc(N(C=S)C(C)(C)C(=O)N(C)c2ccc(C#N)c(C(F)(F)F)c2)ccc1OCCN1CCN(CC(=O)NC)CC1.CNC(=O)CCC(C=O)Nc1ccccc1. The maximum atomic E-state index is 13.7. The molecule has 1 aliphatic heterocycles. The summed E-state index contributed by atoms with van der Waals surface area (Å²) in [6.07, 6.45) is -2.41. The van der Waals surface area contributed by atoms with Gasteiger partial charge in [-0.15, -0.1) is 0 Å². The first-order valence-electron chi connectivity index (χ1n) is 19.5. The molecule has 324 valence electrons. The van der Waals surface area contributed by atoms with Crippen LogP contribution in [0.1, 0.15) is 50.3 Å². The van der Waals surface area contributed by atoms with Crippen LogP contribution in [0.15, 0.2) is 66.7 Å². The van der Waals surface area contributed by atoms with Crippen molar-refractivity contribution in [1.82, 2.24) is 20.4 Å². The predicted molar refractivity (Wildman–Crippen MR) is 231 cm³/mol. The quantitative estimate of drug-likeness (QED) is 0.113. The second-order valence-corrected chi connectivity index (χ2v) is 14.7. The van der Waals surface area contributed by atoms with Crippen LogP contribution in [0.4, 0.5) is 30.2 Å².